The number of rotatable bonds is 2. The molecular formula is C9H9BrFN. The Labute approximate surface area is 79.2 Å². The minimum Gasteiger partial charge on any atom is -0.321 e. The lowest BCUT2D eigenvalue weighted by molar-refractivity contribution is 0.616. The number of hydrogen-bond donors (Lipinski definition) is 1. The van der Waals surface area contributed by atoms with E-state index in [1.54, 1.807) is 18.2 Å². The molecule has 0 unspecified atom stereocenters. The fourth-order valence-corrected chi connectivity index (χ4v) is 1.43. The minimum atomic E-state index is -0.324. The van der Waals surface area contributed by atoms with Crippen LogP contribution in [0.4, 0.5) is 4.39 Å². The van der Waals surface area contributed by atoms with Crippen molar-refractivity contribution in [3.8, 4) is 0 Å². The summed E-state index contributed by atoms with van der Waals surface area (Å²) in [4.78, 5) is 0. The van der Waals surface area contributed by atoms with Crippen LogP contribution in [0.1, 0.15) is 11.6 Å². The predicted molar refractivity (Wildman–Crippen MR) is 51.2 cm³/mol. The third-order valence-electron chi connectivity index (χ3n) is 1.59. The summed E-state index contributed by atoms with van der Waals surface area (Å²) < 4.78 is 13.4. The van der Waals surface area contributed by atoms with Gasteiger partial charge in [0.1, 0.15) is 5.82 Å². The topological polar surface area (TPSA) is 26.0 Å². The zero-order valence-corrected chi connectivity index (χ0v) is 8.01. The van der Waals surface area contributed by atoms with Gasteiger partial charge in [0.25, 0.3) is 0 Å². The monoisotopic (exact) mass is 229 g/mol. The highest BCUT2D eigenvalue weighted by Crippen LogP contribution is 2.24. The number of hydrogen-bond acceptors (Lipinski definition) is 1. The molecule has 0 radical (unpaired) electrons. The van der Waals surface area contributed by atoms with Crippen LogP contribution < -0.4 is 5.73 Å². The molecule has 0 spiro atoms. The van der Waals surface area contributed by atoms with Crippen molar-refractivity contribution in [3.63, 3.8) is 0 Å². The van der Waals surface area contributed by atoms with E-state index in [1.165, 1.54) is 6.07 Å². The van der Waals surface area contributed by atoms with Gasteiger partial charge in [-0.05, 0) is 27.6 Å². The zero-order chi connectivity index (χ0) is 9.14. The van der Waals surface area contributed by atoms with Crippen molar-refractivity contribution >= 4 is 15.9 Å². The molecule has 0 saturated carbocycles. The highest BCUT2D eigenvalue weighted by atomic mass is 79.9. The van der Waals surface area contributed by atoms with Crippen molar-refractivity contribution in [2.75, 3.05) is 0 Å². The second-order valence-electron chi connectivity index (χ2n) is 2.40. The average Bonchev–Trinajstić information content (AvgIpc) is 2.08. The van der Waals surface area contributed by atoms with Crippen LogP contribution in [0.5, 0.6) is 0 Å². The quantitative estimate of drug-likeness (QED) is 0.776. The molecule has 1 aromatic carbocycles. The van der Waals surface area contributed by atoms with Gasteiger partial charge in [0.2, 0.25) is 0 Å². The van der Waals surface area contributed by atoms with Crippen LogP contribution in [-0.2, 0) is 0 Å². The van der Waals surface area contributed by atoms with Gasteiger partial charge in [0.15, 0.2) is 0 Å². The van der Waals surface area contributed by atoms with Crippen molar-refractivity contribution in [2.45, 2.75) is 6.04 Å². The Kier molecular flexibility index (Phi) is 3.00. The van der Waals surface area contributed by atoms with Gasteiger partial charge in [-0.2, -0.15) is 0 Å². The molecule has 64 valence electrons. The Hall–Kier alpha value is -0.670. The molecule has 3 heteroatoms. The van der Waals surface area contributed by atoms with Gasteiger partial charge in [-0.15, -0.1) is 6.58 Å². The summed E-state index contributed by atoms with van der Waals surface area (Å²) in [6.45, 7) is 3.54. The van der Waals surface area contributed by atoms with E-state index in [0.717, 1.165) is 0 Å². The third-order valence-corrected chi connectivity index (χ3v) is 2.43. The highest BCUT2D eigenvalue weighted by molar-refractivity contribution is 9.10. The molecule has 0 aliphatic carbocycles. The van der Waals surface area contributed by atoms with Crippen LogP contribution in [0.15, 0.2) is 35.3 Å². The molecule has 1 rings (SSSR count). The molecule has 0 aliphatic heterocycles. The van der Waals surface area contributed by atoms with Crippen molar-refractivity contribution in [1.82, 2.24) is 0 Å². The first-order valence-corrected chi connectivity index (χ1v) is 4.28. The smallest absolute Gasteiger partial charge is 0.137 e. The highest BCUT2D eigenvalue weighted by Gasteiger charge is 2.08. The first-order valence-electron chi connectivity index (χ1n) is 3.49. The van der Waals surface area contributed by atoms with Crippen molar-refractivity contribution in [1.29, 1.82) is 0 Å². The van der Waals surface area contributed by atoms with E-state index in [2.05, 4.69) is 22.5 Å². The first-order chi connectivity index (χ1) is 5.66. The van der Waals surface area contributed by atoms with E-state index in [1.807, 2.05) is 0 Å². The third kappa shape index (κ3) is 1.73. The van der Waals surface area contributed by atoms with Crippen LogP contribution in [0, 0.1) is 5.82 Å². The van der Waals surface area contributed by atoms with E-state index < -0.39 is 0 Å². The van der Waals surface area contributed by atoms with E-state index >= 15 is 0 Å². The summed E-state index contributed by atoms with van der Waals surface area (Å²) in [6.07, 6.45) is 1.57. The second-order valence-corrected chi connectivity index (χ2v) is 3.20. The Morgan fingerprint density at radius 2 is 2.25 bits per heavy atom. The molecule has 1 nitrogen and oxygen atoms in total. The fraction of sp³-hybridized carbons (Fsp3) is 0.111. The van der Waals surface area contributed by atoms with Gasteiger partial charge >= 0.3 is 0 Å². The molecule has 12 heavy (non-hydrogen) atoms. The maximum Gasteiger partial charge on any atom is 0.137 e. The number of benzene rings is 1. The first kappa shape index (κ1) is 9.42. The van der Waals surface area contributed by atoms with Crippen LogP contribution in [-0.4, -0.2) is 0 Å². The van der Waals surface area contributed by atoms with Crippen molar-refractivity contribution in [2.24, 2.45) is 5.73 Å². The van der Waals surface area contributed by atoms with Gasteiger partial charge in [-0.1, -0.05) is 18.2 Å². The molecule has 0 aromatic heterocycles. The molecular weight excluding hydrogens is 221 g/mol. The molecule has 0 fully saturated rings. The maximum absolute atomic E-state index is 12.9. The fourth-order valence-electron chi connectivity index (χ4n) is 0.905. The predicted octanol–water partition coefficient (Wildman–Crippen LogP) is 2.77. The summed E-state index contributed by atoms with van der Waals surface area (Å²) in [6, 6.07) is 4.44. The van der Waals surface area contributed by atoms with E-state index in [-0.39, 0.29) is 11.9 Å². The largest absolute Gasteiger partial charge is 0.321 e. The van der Waals surface area contributed by atoms with Gasteiger partial charge in [-0.3, -0.25) is 0 Å². The Morgan fingerprint density at radius 3 is 2.83 bits per heavy atom. The Morgan fingerprint density at radius 1 is 1.58 bits per heavy atom. The molecule has 0 heterocycles. The van der Waals surface area contributed by atoms with E-state index in [9.17, 15) is 4.39 Å². The molecule has 1 aromatic rings. The summed E-state index contributed by atoms with van der Waals surface area (Å²) in [5.74, 6) is -0.301. The normalized spacial score (nSPS) is 12.6. The van der Waals surface area contributed by atoms with Crippen LogP contribution >= 0.6 is 15.9 Å². The number of nitrogens with two attached hydrogens (primary N) is 1. The standard InChI is InChI=1S/C9H9BrFN/c1-2-8(12)6-4-3-5-7(11)9(6)10/h2-5,8H,1,12H2/t8-/m0/s1. The van der Waals surface area contributed by atoms with E-state index in [0.29, 0.717) is 10.0 Å². The van der Waals surface area contributed by atoms with Crippen molar-refractivity contribution in [3.05, 3.63) is 46.7 Å². The SMILES string of the molecule is C=C[C@H](N)c1cccc(F)c1Br. The molecule has 0 saturated heterocycles. The molecule has 0 bridgehead atoms. The van der Waals surface area contributed by atoms with Gasteiger partial charge in [0.05, 0.1) is 4.47 Å². The van der Waals surface area contributed by atoms with Crippen molar-refractivity contribution < 1.29 is 4.39 Å². The Bertz CT molecular complexity index is 299. The molecule has 2 N–H and O–H groups in total. The van der Waals surface area contributed by atoms with Crippen LogP contribution in [0.2, 0.25) is 0 Å². The zero-order valence-electron chi connectivity index (χ0n) is 6.43. The lowest BCUT2D eigenvalue weighted by atomic mass is 10.1. The van der Waals surface area contributed by atoms with Gasteiger partial charge in [0, 0.05) is 6.04 Å². The number of halogens is 2. The lowest BCUT2D eigenvalue weighted by Crippen LogP contribution is -2.07. The summed E-state index contributed by atoms with van der Waals surface area (Å²) >= 11 is 3.12. The summed E-state index contributed by atoms with van der Waals surface area (Å²) in [7, 11) is 0. The molecule has 0 amide bonds. The molecule has 1 atom stereocenters. The van der Waals surface area contributed by atoms with Gasteiger partial charge in [-0.25, -0.2) is 4.39 Å². The lowest BCUT2D eigenvalue weighted by Gasteiger charge is -2.08. The average molecular weight is 230 g/mol. The van der Waals surface area contributed by atoms with Crippen LogP contribution in [0.25, 0.3) is 0 Å². The summed E-state index contributed by atoms with van der Waals surface area (Å²) in [5.41, 5.74) is 6.36. The maximum atomic E-state index is 12.9. The second kappa shape index (κ2) is 3.83. The van der Waals surface area contributed by atoms with E-state index in [4.69, 9.17) is 5.73 Å². The Balaban J connectivity index is 3.15. The summed E-state index contributed by atoms with van der Waals surface area (Å²) in [5, 5.41) is 0. The van der Waals surface area contributed by atoms with Gasteiger partial charge < -0.3 is 5.73 Å². The molecule has 0 aliphatic rings. The van der Waals surface area contributed by atoms with Crippen LogP contribution in [0.3, 0.4) is 0 Å². The minimum absolute atomic E-state index is 0.301.